The summed E-state index contributed by atoms with van der Waals surface area (Å²) in [4.78, 5) is 0. The Balaban J connectivity index is 2.43. The minimum atomic E-state index is -0.282. The number of hydrogen-bond acceptors (Lipinski definition) is 2. The lowest BCUT2D eigenvalue weighted by Crippen LogP contribution is -2.42. The van der Waals surface area contributed by atoms with Crippen LogP contribution in [0.3, 0.4) is 0 Å². The summed E-state index contributed by atoms with van der Waals surface area (Å²) < 4.78 is 5.97. The molecule has 0 amide bonds. The summed E-state index contributed by atoms with van der Waals surface area (Å²) in [5.41, 5.74) is 0.267. The second kappa shape index (κ2) is 6.02. The van der Waals surface area contributed by atoms with E-state index in [0.29, 0.717) is 18.6 Å². The number of hydrogen-bond donors (Lipinski definition) is 1. The van der Waals surface area contributed by atoms with Gasteiger partial charge in [0.15, 0.2) is 0 Å². The molecule has 0 radical (unpaired) electrons. The highest BCUT2D eigenvalue weighted by molar-refractivity contribution is 4.87. The van der Waals surface area contributed by atoms with Crippen LogP contribution in [0.15, 0.2) is 0 Å². The molecular formula is C14H28O2. The minimum Gasteiger partial charge on any atom is -0.391 e. The fourth-order valence-electron chi connectivity index (χ4n) is 2.96. The van der Waals surface area contributed by atoms with Crippen LogP contribution in [0.5, 0.6) is 0 Å². The lowest BCUT2D eigenvalue weighted by atomic mass is 9.70. The fraction of sp³-hybridized carbons (Fsp3) is 1.00. The third-order valence-electron chi connectivity index (χ3n) is 3.86. The molecule has 0 bridgehead atoms. The molecule has 0 aliphatic heterocycles. The first-order valence-electron chi connectivity index (χ1n) is 6.77. The molecule has 0 saturated heterocycles. The molecule has 0 aromatic rings. The summed E-state index contributed by atoms with van der Waals surface area (Å²) in [5.74, 6) is 0.623. The summed E-state index contributed by atoms with van der Waals surface area (Å²) in [6, 6.07) is 0. The van der Waals surface area contributed by atoms with Gasteiger partial charge < -0.3 is 9.84 Å². The van der Waals surface area contributed by atoms with Crippen LogP contribution < -0.4 is 0 Å². The van der Waals surface area contributed by atoms with Crippen LogP contribution >= 0.6 is 0 Å². The van der Waals surface area contributed by atoms with E-state index in [9.17, 15) is 5.11 Å². The Labute approximate surface area is 100 Å². The number of rotatable bonds is 5. The van der Waals surface area contributed by atoms with Gasteiger partial charge in [-0.15, -0.1) is 0 Å². The molecule has 0 aromatic carbocycles. The summed E-state index contributed by atoms with van der Waals surface area (Å²) >= 11 is 0. The zero-order valence-corrected chi connectivity index (χ0v) is 11.3. The zero-order valence-electron chi connectivity index (χ0n) is 11.3. The maximum absolute atomic E-state index is 9.71. The summed E-state index contributed by atoms with van der Waals surface area (Å²) in [7, 11) is 0. The Morgan fingerprint density at radius 2 is 2.12 bits per heavy atom. The first-order valence-corrected chi connectivity index (χ1v) is 6.77. The van der Waals surface area contributed by atoms with Crippen molar-refractivity contribution in [1.29, 1.82) is 0 Å². The maximum atomic E-state index is 9.71. The predicted octanol–water partition coefficient (Wildman–Crippen LogP) is 3.38. The van der Waals surface area contributed by atoms with Crippen molar-refractivity contribution in [3.05, 3.63) is 0 Å². The van der Waals surface area contributed by atoms with Gasteiger partial charge in [0.05, 0.1) is 18.8 Å². The number of ether oxygens (including phenoxy) is 1. The molecule has 1 rings (SSSR count). The monoisotopic (exact) mass is 228 g/mol. The Morgan fingerprint density at radius 3 is 2.69 bits per heavy atom. The van der Waals surface area contributed by atoms with Gasteiger partial charge >= 0.3 is 0 Å². The number of aliphatic hydroxyl groups excluding tert-OH is 1. The Morgan fingerprint density at radius 1 is 1.44 bits per heavy atom. The van der Waals surface area contributed by atoms with Crippen molar-refractivity contribution in [3.63, 3.8) is 0 Å². The normalized spacial score (nSPS) is 31.3. The molecule has 0 spiro atoms. The average molecular weight is 228 g/mol. The van der Waals surface area contributed by atoms with Gasteiger partial charge in [-0.2, -0.15) is 0 Å². The van der Waals surface area contributed by atoms with Crippen LogP contribution in [0.25, 0.3) is 0 Å². The average Bonchev–Trinajstić information content (AvgIpc) is 2.16. The smallest absolute Gasteiger partial charge is 0.0773 e. The quantitative estimate of drug-likeness (QED) is 0.781. The molecule has 3 unspecified atom stereocenters. The molecule has 3 atom stereocenters. The van der Waals surface area contributed by atoms with Gasteiger partial charge in [-0.1, -0.05) is 40.5 Å². The van der Waals surface area contributed by atoms with Crippen molar-refractivity contribution in [2.45, 2.75) is 72.0 Å². The molecule has 1 fully saturated rings. The van der Waals surface area contributed by atoms with Crippen molar-refractivity contribution in [2.24, 2.45) is 11.3 Å². The van der Waals surface area contributed by atoms with Gasteiger partial charge in [-0.3, -0.25) is 0 Å². The maximum Gasteiger partial charge on any atom is 0.0773 e. The van der Waals surface area contributed by atoms with Gasteiger partial charge in [0, 0.05) is 0 Å². The second-order valence-corrected chi connectivity index (χ2v) is 6.05. The molecule has 16 heavy (non-hydrogen) atoms. The van der Waals surface area contributed by atoms with Gasteiger partial charge in [0.1, 0.15) is 0 Å². The van der Waals surface area contributed by atoms with E-state index in [2.05, 4.69) is 27.7 Å². The van der Waals surface area contributed by atoms with E-state index < -0.39 is 0 Å². The Bertz CT molecular complexity index is 201. The molecule has 2 nitrogen and oxygen atoms in total. The van der Waals surface area contributed by atoms with Crippen LogP contribution in [0, 0.1) is 11.3 Å². The van der Waals surface area contributed by atoms with E-state index in [4.69, 9.17) is 4.74 Å². The van der Waals surface area contributed by atoms with E-state index in [1.165, 1.54) is 19.3 Å². The molecule has 1 aliphatic rings. The molecule has 1 N–H and O–H groups in total. The highest BCUT2D eigenvalue weighted by Gasteiger charge is 2.37. The second-order valence-electron chi connectivity index (χ2n) is 6.05. The molecule has 0 heterocycles. The summed E-state index contributed by atoms with van der Waals surface area (Å²) in [6.45, 7) is 9.46. The Kier molecular flexibility index (Phi) is 5.26. The van der Waals surface area contributed by atoms with Gasteiger partial charge in [0.2, 0.25) is 0 Å². The van der Waals surface area contributed by atoms with Crippen molar-refractivity contribution >= 4 is 0 Å². The summed E-state index contributed by atoms with van der Waals surface area (Å²) in [6.07, 6.45) is 5.72. The first kappa shape index (κ1) is 14.0. The minimum absolute atomic E-state index is 0.267. The van der Waals surface area contributed by atoms with Gasteiger partial charge in [-0.25, -0.2) is 0 Å². The molecule has 96 valence electrons. The lowest BCUT2D eigenvalue weighted by molar-refractivity contribution is -0.104. The van der Waals surface area contributed by atoms with E-state index >= 15 is 0 Å². The molecule has 1 saturated carbocycles. The Hall–Kier alpha value is -0.0800. The highest BCUT2D eigenvalue weighted by Crippen LogP contribution is 2.40. The predicted molar refractivity (Wildman–Crippen MR) is 67.5 cm³/mol. The zero-order chi connectivity index (χ0) is 12.2. The van der Waals surface area contributed by atoms with Crippen molar-refractivity contribution in [2.75, 3.05) is 6.61 Å². The third kappa shape index (κ3) is 3.74. The largest absolute Gasteiger partial charge is 0.391 e. The fourth-order valence-corrected chi connectivity index (χ4v) is 2.96. The van der Waals surface area contributed by atoms with E-state index in [0.717, 1.165) is 12.8 Å². The third-order valence-corrected chi connectivity index (χ3v) is 3.86. The van der Waals surface area contributed by atoms with Crippen molar-refractivity contribution in [1.82, 2.24) is 0 Å². The van der Waals surface area contributed by atoms with Crippen molar-refractivity contribution < 1.29 is 9.84 Å². The van der Waals surface area contributed by atoms with Crippen LogP contribution in [0.2, 0.25) is 0 Å². The lowest BCUT2D eigenvalue weighted by Gasteiger charge is -2.42. The topological polar surface area (TPSA) is 29.5 Å². The highest BCUT2D eigenvalue weighted by atomic mass is 16.5. The van der Waals surface area contributed by atoms with Crippen LogP contribution in [-0.2, 0) is 4.74 Å². The number of aliphatic hydroxyl groups is 1. The van der Waals surface area contributed by atoms with E-state index in [1.807, 2.05) is 0 Å². The van der Waals surface area contributed by atoms with Crippen molar-refractivity contribution in [3.8, 4) is 0 Å². The van der Waals surface area contributed by atoms with Crippen LogP contribution in [-0.4, -0.2) is 23.9 Å². The van der Waals surface area contributed by atoms with Gasteiger partial charge in [-0.05, 0) is 30.6 Å². The molecule has 0 aromatic heterocycles. The standard InChI is InChI=1S/C14H28O2/c1-5-7-12(15)10-16-13-11(2)8-6-9-14(13,3)4/h11-13,15H,5-10H2,1-4H3. The SMILES string of the molecule is CCCC(O)COC1C(C)CCCC1(C)C. The van der Waals surface area contributed by atoms with Crippen LogP contribution in [0.1, 0.15) is 59.8 Å². The molecular weight excluding hydrogens is 200 g/mol. The van der Waals surface area contributed by atoms with Gasteiger partial charge in [0.25, 0.3) is 0 Å². The van der Waals surface area contributed by atoms with Crippen LogP contribution in [0.4, 0.5) is 0 Å². The van der Waals surface area contributed by atoms with E-state index in [1.54, 1.807) is 0 Å². The summed E-state index contributed by atoms with van der Waals surface area (Å²) in [5, 5.41) is 9.71. The first-order chi connectivity index (χ1) is 7.47. The van der Waals surface area contributed by atoms with E-state index in [-0.39, 0.29) is 11.5 Å². The molecule has 1 aliphatic carbocycles. The molecule has 2 heteroatoms.